The molecule has 1 unspecified atom stereocenters. The van der Waals surface area contributed by atoms with Crippen molar-refractivity contribution < 1.29 is 9.59 Å². The lowest BCUT2D eigenvalue weighted by Gasteiger charge is -2.33. The highest BCUT2D eigenvalue weighted by atomic mass is 35.5. The lowest BCUT2D eigenvalue weighted by Crippen LogP contribution is -2.43. The summed E-state index contributed by atoms with van der Waals surface area (Å²) < 4.78 is 0. The molecule has 2 amide bonds. The molecule has 1 atom stereocenters. The molecule has 19 heavy (non-hydrogen) atoms. The van der Waals surface area contributed by atoms with Gasteiger partial charge in [0.2, 0.25) is 11.8 Å². The fraction of sp³-hybridized carbons (Fsp3) is 0.846. The fourth-order valence-electron chi connectivity index (χ4n) is 2.74. The highest BCUT2D eigenvalue weighted by molar-refractivity contribution is 5.89. The van der Waals surface area contributed by atoms with Crippen LogP contribution >= 0.6 is 12.4 Å². The first-order chi connectivity index (χ1) is 8.70. The van der Waals surface area contributed by atoms with Crippen molar-refractivity contribution in [2.75, 3.05) is 32.7 Å². The molecule has 0 bridgehead atoms. The van der Waals surface area contributed by atoms with E-state index in [2.05, 4.69) is 17.6 Å². The number of piperidine rings is 1. The first-order valence-corrected chi connectivity index (χ1v) is 6.97. The third kappa shape index (κ3) is 4.35. The van der Waals surface area contributed by atoms with Crippen molar-refractivity contribution in [3.63, 3.8) is 0 Å². The van der Waals surface area contributed by atoms with Gasteiger partial charge in [0.05, 0.1) is 5.92 Å². The second-order valence-corrected chi connectivity index (χ2v) is 5.28. The minimum Gasteiger partial charge on any atom is -0.355 e. The molecule has 0 radical (unpaired) electrons. The van der Waals surface area contributed by atoms with E-state index in [9.17, 15) is 9.59 Å². The number of likely N-dealkylation sites (tertiary alicyclic amines) is 1. The molecule has 0 aromatic rings. The lowest BCUT2D eigenvalue weighted by molar-refractivity contribution is -0.137. The predicted octanol–water partition coefficient (Wildman–Crippen LogP) is 0.392. The SMILES string of the molecule is CCNCC1CCN(C(=O)C2CNC(=O)C2)CC1.Cl. The van der Waals surface area contributed by atoms with Crippen LogP contribution in [0.1, 0.15) is 26.2 Å². The average Bonchev–Trinajstić information content (AvgIpc) is 2.83. The number of nitrogens with zero attached hydrogens (tertiary/aromatic N) is 1. The molecule has 2 N–H and O–H groups in total. The van der Waals surface area contributed by atoms with E-state index in [1.54, 1.807) is 0 Å². The number of rotatable bonds is 4. The normalized spacial score (nSPS) is 23.9. The summed E-state index contributed by atoms with van der Waals surface area (Å²) in [7, 11) is 0. The highest BCUT2D eigenvalue weighted by Gasteiger charge is 2.32. The Hall–Kier alpha value is -0.810. The van der Waals surface area contributed by atoms with E-state index in [0.29, 0.717) is 18.9 Å². The van der Waals surface area contributed by atoms with Crippen molar-refractivity contribution in [3.05, 3.63) is 0 Å². The molecule has 2 rings (SSSR count). The second kappa shape index (κ2) is 7.70. The van der Waals surface area contributed by atoms with E-state index in [4.69, 9.17) is 0 Å². The second-order valence-electron chi connectivity index (χ2n) is 5.28. The summed E-state index contributed by atoms with van der Waals surface area (Å²) in [5.41, 5.74) is 0. The van der Waals surface area contributed by atoms with E-state index >= 15 is 0 Å². The van der Waals surface area contributed by atoms with Gasteiger partial charge in [0.1, 0.15) is 0 Å². The third-order valence-corrected chi connectivity index (χ3v) is 3.94. The van der Waals surface area contributed by atoms with Crippen molar-refractivity contribution in [1.29, 1.82) is 0 Å². The van der Waals surface area contributed by atoms with Crippen molar-refractivity contribution in [1.82, 2.24) is 15.5 Å². The van der Waals surface area contributed by atoms with Crippen LogP contribution in [0.2, 0.25) is 0 Å². The van der Waals surface area contributed by atoms with Gasteiger partial charge in [-0.3, -0.25) is 9.59 Å². The molecule has 2 fully saturated rings. The summed E-state index contributed by atoms with van der Waals surface area (Å²) in [5.74, 6) is 0.741. The number of carbonyl (C=O) groups is 2. The Morgan fingerprint density at radius 1 is 1.42 bits per heavy atom. The van der Waals surface area contributed by atoms with Crippen molar-refractivity contribution in [2.24, 2.45) is 11.8 Å². The topological polar surface area (TPSA) is 61.4 Å². The summed E-state index contributed by atoms with van der Waals surface area (Å²) in [6, 6.07) is 0. The maximum absolute atomic E-state index is 12.2. The smallest absolute Gasteiger partial charge is 0.227 e. The van der Waals surface area contributed by atoms with Crippen LogP contribution in [0.25, 0.3) is 0 Å². The summed E-state index contributed by atoms with van der Waals surface area (Å²) in [4.78, 5) is 25.2. The van der Waals surface area contributed by atoms with E-state index in [0.717, 1.165) is 39.0 Å². The van der Waals surface area contributed by atoms with Crippen LogP contribution in [0.15, 0.2) is 0 Å². The quantitative estimate of drug-likeness (QED) is 0.787. The molecule has 5 nitrogen and oxygen atoms in total. The van der Waals surface area contributed by atoms with Gasteiger partial charge in [-0.15, -0.1) is 12.4 Å². The van der Waals surface area contributed by atoms with Crippen LogP contribution < -0.4 is 10.6 Å². The largest absolute Gasteiger partial charge is 0.355 e. The number of carbonyl (C=O) groups excluding carboxylic acids is 2. The van der Waals surface area contributed by atoms with Crippen molar-refractivity contribution >= 4 is 24.2 Å². The van der Waals surface area contributed by atoms with Crippen LogP contribution in [0.3, 0.4) is 0 Å². The summed E-state index contributed by atoms with van der Waals surface area (Å²) in [6.07, 6.45) is 2.52. The standard InChI is InChI=1S/C13H23N3O2.ClH/c1-2-14-8-10-3-5-16(6-4-10)13(18)11-7-12(17)15-9-11;/h10-11,14H,2-9H2,1H3,(H,15,17);1H. The molecule has 0 aromatic carbocycles. The van der Waals surface area contributed by atoms with Gasteiger partial charge in [0.15, 0.2) is 0 Å². The Morgan fingerprint density at radius 2 is 2.11 bits per heavy atom. The molecule has 2 aliphatic heterocycles. The molecule has 2 saturated heterocycles. The maximum atomic E-state index is 12.2. The van der Waals surface area contributed by atoms with Gasteiger partial charge in [0, 0.05) is 26.1 Å². The first-order valence-electron chi connectivity index (χ1n) is 6.97. The van der Waals surface area contributed by atoms with Crippen LogP contribution in [-0.4, -0.2) is 49.4 Å². The molecule has 2 aliphatic rings. The zero-order chi connectivity index (χ0) is 13.0. The number of halogens is 1. The zero-order valence-electron chi connectivity index (χ0n) is 11.5. The van der Waals surface area contributed by atoms with Crippen LogP contribution in [0.5, 0.6) is 0 Å². The highest BCUT2D eigenvalue weighted by Crippen LogP contribution is 2.20. The number of amides is 2. The molecular weight excluding hydrogens is 266 g/mol. The minimum absolute atomic E-state index is 0. The Labute approximate surface area is 120 Å². The van der Waals surface area contributed by atoms with Gasteiger partial charge in [-0.1, -0.05) is 6.92 Å². The summed E-state index contributed by atoms with van der Waals surface area (Å²) in [6.45, 7) is 6.40. The van der Waals surface area contributed by atoms with E-state index in [1.165, 1.54) is 0 Å². The molecule has 0 spiro atoms. The number of nitrogens with one attached hydrogen (secondary N) is 2. The summed E-state index contributed by atoms with van der Waals surface area (Å²) in [5, 5.41) is 6.09. The van der Waals surface area contributed by atoms with Gasteiger partial charge in [-0.05, 0) is 31.8 Å². The number of hydrogen-bond donors (Lipinski definition) is 2. The Morgan fingerprint density at radius 3 is 2.63 bits per heavy atom. The van der Waals surface area contributed by atoms with Gasteiger partial charge in [-0.25, -0.2) is 0 Å². The third-order valence-electron chi connectivity index (χ3n) is 3.94. The first kappa shape index (κ1) is 16.2. The van der Waals surface area contributed by atoms with Gasteiger partial charge >= 0.3 is 0 Å². The molecule has 0 aliphatic carbocycles. The van der Waals surface area contributed by atoms with E-state index < -0.39 is 0 Å². The van der Waals surface area contributed by atoms with Crippen LogP contribution in [0, 0.1) is 11.8 Å². The average molecular weight is 290 g/mol. The lowest BCUT2D eigenvalue weighted by atomic mass is 9.95. The monoisotopic (exact) mass is 289 g/mol. The van der Waals surface area contributed by atoms with E-state index in [-0.39, 0.29) is 30.1 Å². The molecule has 0 aromatic heterocycles. The Kier molecular flexibility index (Phi) is 6.58. The fourth-order valence-corrected chi connectivity index (χ4v) is 2.74. The van der Waals surface area contributed by atoms with Crippen molar-refractivity contribution in [2.45, 2.75) is 26.2 Å². The summed E-state index contributed by atoms with van der Waals surface area (Å²) >= 11 is 0. The molecule has 110 valence electrons. The number of hydrogen-bond acceptors (Lipinski definition) is 3. The van der Waals surface area contributed by atoms with Crippen LogP contribution in [0.4, 0.5) is 0 Å². The molecule has 6 heteroatoms. The molecular formula is C13H24ClN3O2. The van der Waals surface area contributed by atoms with Crippen LogP contribution in [-0.2, 0) is 9.59 Å². The van der Waals surface area contributed by atoms with Gasteiger partial charge in [0.25, 0.3) is 0 Å². The molecule has 2 heterocycles. The Balaban J connectivity index is 0.00000180. The maximum Gasteiger partial charge on any atom is 0.227 e. The van der Waals surface area contributed by atoms with Crippen molar-refractivity contribution in [3.8, 4) is 0 Å². The Bertz CT molecular complexity index is 317. The zero-order valence-corrected chi connectivity index (χ0v) is 12.3. The van der Waals surface area contributed by atoms with E-state index in [1.807, 2.05) is 4.90 Å². The molecule has 0 saturated carbocycles. The van der Waals surface area contributed by atoms with Gasteiger partial charge < -0.3 is 15.5 Å². The minimum atomic E-state index is -0.122. The van der Waals surface area contributed by atoms with Gasteiger partial charge in [-0.2, -0.15) is 0 Å². The predicted molar refractivity (Wildman–Crippen MR) is 76.2 cm³/mol.